The fourth-order valence-corrected chi connectivity index (χ4v) is 3.71. The molecule has 1 aromatic rings. The van der Waals surface area contributed by atoms with Crippen LogP contribution in [0, 0.1) is 0 Å². The molecule has 0 unspecified atom stereocenters. The van der Waals surface area contributed by atoms with E-state index < -0.39 is 10.0 Å². The molecule has 5 nitrogen and oxygen atoms in total. The summed E-state index contributed by atoms with van der Waals surface area (Å²) in [6, 6.07) is 6.58. The first kappa shape index (κ1) is 22.5. The van der Waals surface area contributed by atoms with E-state index in [2.05, 4.69) is 16.9 Å². The molecule has 0 aliphatic carbocycles. The lowest BCUT2D eigenvalue weighted by molar-refractivity contribution is 0.475. The van der Waals surface area contributed by atoms with Crippen molar-refractivity contribution in [3.8, 4) is 5.75 Å². The molecule has 0 aromatic heterocycles. The Bertz CT molecular complexity index is 642. The standard InChI is InChI=1S/C20H34N2O3S/c1-3-4-5-6-7-8-9-10-11-12-16-26(24,25)22-21-18(2)19-14-13-15-20(23)17-19/h13-15,17,22-23H,3-12,16H2,1-2H3. The van der Waals surface area contributed by atoms with Crippen LogP contribution in [0.5, 0.6) is 5.75 Å². The van der Waals surface area contributed by atoms with Gasteiger partial charge in [-0.15, -0.1) is 0 Å². The zero-order valence-electron chi connectivity index (χ0n) is 16.2. The lowest BCUT2D eigenvalue weighted by Gasteiger charge is -2.06. The minimum atomic E-state index is -3.40. The van der Waals surface area contributed by atoms with E-state index in [-0.39, 0.29) is 11.5 Å². The number of unbranched alkanes of at least 4 members (excludes halogenated alkanes) is 9. The third-order valence-electron chi connectivity index (χ3n) is 4.38. The van der Waals surface area contributed by atoms with Gasteiger partial charge in [-0.1, -0.05) is 76.8 Å². The SMILES string of the molecule is CCCCCCCCCCCCS(=O)(=O)NN=C(C)c1cccc(O)c1. The van der Waals surface area contributed by atoms with E-state index in [1.54, 1.807) is 31.2 Å². The second-order valence-electron chi connectivity index (χ2n) is 6.84. The molecule has 0 saturated heterocycles. The number of hydrogen-bond acceptors (Lipinski definition) is 4. The van der Waals surface area contributed by atoms with Crippen LogP contribution in [0.4, 0.5) is 0 Å². The molecule has 0 spiro atoms. The molecular weight excluding hydrogens is 348 g/mol. The lowest BCUT2D eigenvalue weighted by Crippen LogP contribution is -2.22. The first-order valence-electron chi connectivity index (χ1n) is 9.78. The van der Waals surface area contributed by atoms with Crippen LogP contribution < -0.4 is 4.83 Å². The normalized spacial score (nSPS) is 12.3. The van der Waals surface area contributed by atoms with Gasteiger partial charge in [0.1, 0.15) is 5.75 Å². The summed E-state index contributed by atoms with van der Waals surface area (Å²) in [5.74, 6) is 0.227. The molecule has 0 amide bonds. The van der Waals surface area contributed by atoms with E-state index >= 15 is 0 Å². The highest BCUT2D eigenvalue weighted by Crippen LogP contribution is 2.12. The maximum Gasteiger partial charge on any atom is 0.247 e. The number of nitrogens with one attached hydrogen (secondary N) is 1. The molecule has 0 aliphatic rings. The molecule has 0 saturated carbocycles. The van der Waals surface area contributed by atoms with Crippen LogP contribution in [-0.4, -0.2) is 25.0 Å². The predicted octanol–water partition coefficient (Wildman–Crippen LogP) is 4.96. The van der Waals surface area contributed by atoms with E-state index in [4.69, 9.17) is 0 Å². The van der Waals surface area contributed by atoms with E-state index in [1.807, 2.05) is 0 Å². The number of phenols is 1. The van der Waals surface area contributed by atoms with Gasteiger partial charge in [0, 0.05) is 5.56 Å². The summed E-state index contributed by atoms with van der Waals surface area (Å²) in [7, 11) is -3.40. The number of sulfonamides is 1. The fraction of sp³-hybridized carbons (Fsp3) is 0.650. The molecule has 1 aromatic carbocycles. The largest absolute Gasteiger partial charge is 0.508 e. The average Bonchev–Trinajstić information content (AvgIpc) is 2.61. The van der Waals surface area contributed by atoms with Gasteiger partial charge in [-0.2, -0.15) is 5.10 Å². The highest BCUT2D eigenvalue weighted by Gasteiger charge is 2.09. The summed E-state index contributed by atoms with van der Waals surface area (Å²) >= 11 is 0. The van der Waals surface area contributed by atoms with E-state index in [9.17, 15) is 13.5 Å². The summed E-state index contributed by atoms with van der Waals surface area (Å²) in [6.45, 7) is 3.93. The smallest absolute Gasteiger partial charge is 0.247 e. The Morgan fingerprint density at radius 2 is 1.58 bits per heavy atom. The van der Waals surface area contributed by atoms with Crippen molar-refractivity contribution >= 4 is 15.7 Å². The van der Waals surface area contributed by atoms with Gasteiger partial charge in [0.05, 0.1) is 11.5 Å². The number of hydrazone groups is 1. The topological polar surface area (TPSA) is 78.8 Å². The Balaban J connectivity index is 2.19. The van der Waals surface area contributed by atoms with Crippen molar-refractivity contribution in [2.24, 2.45) is 5.10 Å². The number of nitrogens with zero attached hydrogens (tertiary/aromatic N) is 1. The first-order chi connectivity index (χ1) is 12.4. The maximum absolute atomic E-state index is 12.0. The molecule has 0 bridgehead atoms. The average molecular weight is 383 g/mol. The summed E-state index contributed by atoms with van der Waals surface area (Å²) in [5.41, 5.74) is 1.21. The van der Waals surface area contributed by atoms with Crippen LogP contribution in [0.3, 0.4) is 0 Å². The van der Waals surface area contributed by atoms with Crippen molar-refractivity contribution in [2.45, 2.75) is 78.1 Å². The van der Waals surface area contributed by atoms with E-state index in [0.717, 1.165) is 12.8 Å². The number of benzene rings is 1. The van der Waals surface area contributed by atoms with Crippen molar-refractivity contribution < 1.29 is 13.5 Å². The van der Waals surface area contributed by atoms with Crippen LogP contribution in [0.2, 0.25) is 0 Å². The van der Waals surface area contributed by atoms with Crippen LogP contribution in [0.1, 0.15) is 83.6 Å². The van der Waals surface area contributed by atoms with Crippen molar-refractivity contribution in [3.63, 3.8) is 0 Å². The van der Waals surface area contributed by atoms with Gasteiger partial charge in [0.2, 0.25) is 10.0 Å². The Morgan fingerprint density at radius 3 is 2.15 bits per heavy atom. The summed E-state index contributed by atoms with van der Waals surface area (Å²) in [6.07, 6.45) is 11.7. The van der Waals surface area contributed by atoms with E-state index in [0.29, 0.717) is 17.7 Å². The Labute approximate surface area is 159 Å². The van der Waals surface area contributed by atoms with Crippen molar-refractivity contribution in [3.05, 3.63) is 29.8 Å². The minimum absolute atomic E-state index is 0.0975. The van der Waals surface area contributed by atoms with Crippen LogP contribution in [-0.2, 0) is 10.0 Å². The summed E-state index contributed by atoms with van der Waals surface area (Å²) in [5, 5.41) is 13.4. The molecular formula is C20H34N2O3S. The highest BCUT2D eigenvalue weighted by molar-refractivity contribution is 7.89. The molecule has 0 heterocycles. The van der Waals surface area contributed by atoms with Gasteiger partial charge in [0.15, 0.2) is 0 Å². The Kier molecular flexibility index (Phi) is 11.0. The van der Waals surface area contributed by atoms with Crippen LogP contribution in [0.25, 0.3) is 0 Å². The highest BCUT2D eigenvalue weighted by atomic mass is 32.2. The van der Waals surface area contributed by atoms with Crippen LogP contribution >= 0.6 is 0 Å². The van der Waals surface area contributed by atoms with Crippen molar-refractivity contribution in [1.82, 2.24) is 4.83 Å². The fourth-order valence-electron chi connectivity index (χ4n) is 2.76. The molecule has 26 heavy (non-hydrogen) atoms. The zero-order chi connectivity index (χ0) is 19.3. The van der Waals surface area contributed by atoms with Gasteiger partial charge in [-0.05, 0) is 25.5 Å². The number of aromatic hydroxyl groups is 1. The lowest BCUT2D eigenvalue weighted by atomic mass is 10.1. The third kappa shape index (κ3) is 10.4. The zero-order valence-corrected chi connectivity index (χ0v) is 17.0. The molecule has 0 radical (unpaired) electrons. The second-order valence-corrected chi connectivity index (χ2v) is 8.66. The molecule has 6 heteroatoms. The molecule has 0 fully saturated rings. The van der Waals surface area contributed by atoms with Crippen molar-refractivity contribution in [2.75, 3.05) is 5.75 Å². The minimum Gasteiger partial charge on any atom is -0.508 e. The van der Waals surface area contributed by atoms with Crippen LogP contribution in [0.15, 0.2) is 29.4 Å². The molecule has 0 aliphatic heterocycles. The molecule has 0 atom stereocenters. The summed E-state index contributed by atoms with van der Waals surface area (Å²) < 4.78 is 24.0. The molecule has 1 rings (SSSR count). The number of hydrogen-bond donors (Lipinski definition) is 2. The third-order valence-corrected chi connectivity index (χ3v) is 5.58. The van der Waals surface area contributed by atoms with E-state index in [1.165, 1.54) is 44.9 Å². The Hall–Kier alpha value is -1.56. The van der Waals surface area contributed by atoms with Gasteiger partial charge in [-0.3, -0.25) is 0 Å². The van der Waals surface area contributed by atoms with Gasteiger partial charge >= 0.3 is 0 Å². The van der Waals surface area contributed by atoms with Gasteiger partial charge in [0.25, 0.3) is 0 Å². The Morgan fingerprint density at radius 1 is 1.00 bits per heavy atom. The number of phenolic OH excluding ortho intramolecular Hbond substituents is 1. The quantitative estimate of drug-likeness (QED) is 0.271. The first-order valence-corrected chi connectivity index (χ1v) is 11.4. The van der Waals surface area contributed by atoms with Gasteiger partial charge in [-0.25, -0.2) is 13.2 Å². The maximum atomic E-state index is 12.0. The monoisotopic (exact) mass is 382 g/mol. The van der Waals surface area contributed by atoms with Crippen molar-refractivity contribution in [1.29, 1.82) is 0 Å². The second kappa shape index (κ2) is 12.7. The number of rotatable bonds is 14. The predicted molar refractivity (Wildman–Crippen MR) is 109 cm³/mol. The molecule has 2 N–H and O–H groups in total. The van der Waals surface area contributed by atoms with Gasteiger partial charge < -0.3 is 5.11 Å². The summed E-state index contributed by atoms with van der Waals surface area (Å²) in [4.78, 5) is 2.29. The molecule has 148 valence electrons.